The van der Waals surface area contributed by atoms with Crippen molar-refractivity contribution in [1.82, 2.24) is 15.5 Å². The van der Waals surface area contributed by atoms with E-state index in [9.17, 15) is 19.7 Å². The Morgan fingerprint density at radius 3 is 2.65 bits per heavy atom. The van der Waals surface area contributed by atoms with E-state index in [2.05, 4.69) is 46.7 Å². The first-order chi connectivity index (χ1) is 14.9. The first kappa shape index (κ1) is 22.2. The quantitative estimate of drug-likeness (QED) is 0.493. The number of nitro groups is 1. The number of nitrogens with zero attached hydrogens (tertiary/aromatic N) is 2. The molecule has 0 bridgehead atoms. The molecule has 2 amide bonds. The summed E-state index contributed by atoms with van der Waals surface area (Å²) in [4.78, 5) is 37.6. The standard InChI is InChI=1S/C22H26N4O5/c1-15-6-8-16(9-7-15)13-25-11-10-17(14-25)24-20(27)12-23-22(28)18-4-3-5-19(31-2)21(18)26(29)30/h3-9,17H,10-14H2,1-2H3,(H,23,28)(H,24,27)/t17-/m1/s1. The van der Waals surface area contributed by atoms with Gasteiger partial charge in [0.05, 0.1) is 18.6 Å². The zero-order valence-corrected chi connectivity index (χ0v) is 17.6. The van der Waals surface area contributed by atoms with Crippen molar-refractivity contribution in [3.05, 3.63) is 69.3 Å². The van der Waals surface area contributed by atoms with E-state index in [4.69, 9.17) is 4.74 Å². The van der Waals surface area contributed by atoms with Crippen LogP contribution >= 0.6 is 0 Å². The van der Waals surface area contributed by atoms with Crippen LogP contribution in [0.1, 0.15) is 27.9 Å². The molecule has 1 heterocycles. The Kier molecular flexibility index (Phi) is 7.19. The Morgan fingerprint density at radius 2 is 1.97 bits per heavy atom. The maximum atomic E-state index is 12.4. The largest absolute Gasteiger partial charge is 0.490 e. The van der Waals surface area contributed by atoms with Gasteiger partial charge in [-0.3, -0.25) is 24.6 Å². The highest BCUT2D eigenvalue weighted by Gasteiger charge is 2.27. The van der Waals surface area contributed by atoms with E-state index in [1.807, 2.05) is 0 Å². The number of benzene rings is 2. The highest BCUT2D eigenvalue weighted by Crippen LogP contribution is 2.30. The first-order valence-corrected chi connectivity index (χ1v) is 10.0. The van der Waals surface area contributed by atoms with E-state index in [1.54, 1.807) is 0 Å². The third kappa shape index (κ3) is 5.79. The number of ether oxygens (including phenoxy) is 1. The van der Waals surface area contributed by atoms with Crippen molar-refractivity contribution in [3.63, 3.8) is 0 Å². The van der Waals surface area contributed by atoms with Gasteiger partial charge in [0.15, 0.2) is 5.75 Å². The van der Waals surface area contributed by atoms with E-state index < -0.39 is 16.5 Å². The number of nitrogens with one attached hydrogen (secondary N) is 2. The molecular weight excluding hydrogens is 400 g/mol. The summed E-state index contributed by atoms with van der Waals surface area (Å²) in [7, 11) is 1.29. The molecule has 1 saturated heterocycles. The Balaban J connectivity index is 1.49. The lowest BCUT2D eigenvalue weighted by Gasteiger charge is -2.17. The number of hydrogen-bond donors (Lipinski definition) is 2. The minimum absolute atomic E-state index is 0.000931. The molecule has 31 heavy (non-hydrogen) atoms. The smallest absolute Gasteiger partial charge is 0.323 e. The molecule has 0 aromatic heterocycles. The van der Waals surface area contributed by atoms with Gasteiger partial charge in [0.25, 0.3) is 5.91 Å². The van der Waals surface area contributed by atoms with Crippen molar-refractivity contribution < 1.29 is 19.2 Å². The second-order valence-corrected chi connectivity index (χ2v) is 7.57. The Hall–Kier alpha value is -3.46. The van der Waals surface area contributed by atoms with Crippen molar-refractivity contribution in [2.45, 2.75) is 25.9 Å². The molecule has 1 atom stereocenters. The fourth-order valence-corrected chi connectivity index (χ4v) is 3.64. The lowest BCUT2D eigenvalue weighted by molar-refractivity contribution is -0.386. The van der Waals surface area contributed by atoms with Crippen molar-refractivity contribution in [1.29, 1.82) is 0 Å². The van der Waals surface area contributed by atoms with Crippen LogP contribution in [0.3, 0.4) is 0 Å². The number of hydrogen-bond acceptors (Lipinski definition) is 6. The molecule has 0 saturated carbocycles. The van der Waals surface area contributed by atoms with Gasteiger partial charge in [0, 0.05) is 25.7 Å². The number of para-hydroxylation sites is 1. The summed E-state index contributed by atoms with van der Waals surface area (Å²) in [5.41, 5.74) is 1.87. The third-order valence-corrected chi connectivity index (χ3v) is 5.22. The predicted octanol–water partition coefficient (Wildman–Crippen LogP) is 2.03. The topological polar surface area (TPSA) is 114 Å². The SMILES string of the molecule is COc1cccc(C(=O)NCC(=O)N[C@@H]2CCN(Cc3ccc(C)cc3)C2)c1[N+](=O)[O-]. The second-order valence-electron chi connectivity index (χ2n) is 7.57. The van der Waals surface area contributed by atoms with Gasteiger partial charge < -0.3 is 15.4 Å². The van der Waals surface area contributed by atoms with Crippen molar-refractivity contribution in [3.8, 4) is 5.75 Å². The van der Waals surface area contributed by atoms with E-state index in [1.165, 1.54) is 36.4 Å². The molecule has 1 fully saturated rings. The maximum absolute atomic E-state index is 12.4. The number of nitro benzene ring substituents is 1. The summed E-state index contributed by atoms with van der Waals surface area (Å²) >= 11 is 0. The fraction of sp³-hybridized carbons (Fsp3) is 0.364. The Labute approximate surface area is 180 Å². The molecule has 0 unspecified atom stereocenters. The first-order valence-electron chi connectivity index (χ1n) is 10.0. The monoisotopic (exact) mass is 426 g/mol. The van der Waals surface area contributed by atoms with E-state index in [-0.39, 0.29) is 29.8 Å². The van der Waals surface area contributed by atoms with Crippen LogP contribution in [-0.4, -0.2) is 54.4 Å². The molecule has 9 heteroatoms. The summed E-state index contributed by atoms with van der Waals surface area (Å²) in [6.45, 7) is 4.22. The van der Waals surface area contributed by atoms with Crippen LogP contribution in [0.25, 0.3) is 0 Å². The summed E-state index contributed by atoms with van der Waals surface area (Å²) in [5.74, 6) is -1.05. The second kappa shape index (κ2) is 10.0. The predicted molar refractivity (Wildman–Crippen MR) is 115 cm³/mol. The lowest BCUT2D eigenvalue weighted by Crippen LogP contribution is -2.43. The van der Waals surface area contributed by atoms with Crippen LogP contribution in [0, 0.1) is 17.0 Å². The van der Waals surface area contributed by atoms with Crippen molar-refractivity contribution in [2.75, 3.05) is 26.7 Å². The zero-order valence-electron chi connectivity index (χ0n) is 17.6. The lowest BCUT2D eigenvalue weighted by atomic mass is 10.1. The van der Waals surface area contributed by atoms with Crippen LogP contribution in [-0.2, 0) is 11.3 Å². The molecule has 2 aromatic carbocycles. The van der Waals surface area contributed by atoms with Crippen LogP contribution in [0.15, 0.2) is 42.5 Å². The molecule has 0 radical (unpaired) electrons. The normalized spacial score (nSPS) is 16.0. The van der Waals surface area contributed by atoms with Crippen LogP contribution in [0.5, 0.6) is 5.75 Å². The molecular formula is C22H26N4O5. The van der Waals surface area contributed by atoms with Gasteiger partial charge in [-0.15, -0.1) is 0 Å². The summed E-state index contributed by atoms with van der Waals surface area (Å²) in [6.07, 6.45) is 0.826. The average Bonchev–Trinajstić information content (AvgIpc) is 3.19. The van der Waals surface area contributed by atoms with Crippen LogP contribution in [0.4, 0.5) is 5.69 Å². The number of carbonyl (C=O) groups is 2. The Morgan fingerprint density at radius 1 is 1.23 bits per heavy atom. The van der Waals surface area contributed by atoms with Crippen molar-refractivity contribution in [2.24, 2.45) is 0 Å². The maximum Gasteiger partial charge on any atom is 0.323 e. The van der Waals surface area contributed by atoms with E-state index in [0.29, 0.717) is 0 Å². The minimum atomic E-state index is -0.701. The van der Waals surface area contributed by atoms with Gasteiger partial charge in [0.2, 0.25) is 5.91 Å². The highest BCUT2D eigenvalue weighted by atomic mass is 16.6. The minimum Gasteiger partial charge on any atom is -0.490 e. The summed E-state index contributed by atoms with van der Waals surface area (Å²) < 4.78 is 4.96. The van der Waals surface area contributed by atoms with Crippen LogP contribution in [0.2, 0.25) is 0 Å². The summed E-state index contributed by atoms with van der Waals surface area (Å²) in [5, 5.41) is 16.7. The average molecular weight is 426 g/mol. The molecule has 2 N–H and O–H groups in total. The van der Waals surface area contributed by atoms with Gasteiger partial charge in [-0.25, -0.2) is 0 Å². The van der Waals surface area contributed by atoms with Crippen LogP contribution < -0.4 is 15.4 Å². The molecule has 1 aliphatic rings. The molecule has 164 valence electrons. The number of carbonyl (C=O) groups excluding carboxylic acids is 2. The highest BCUT2D eigenvalue weighted by molar-refractivity contribution is 6.00. The van der Waals surface area contributed by atoms with E-state index in [0.717, 1.165) is 26.1 Å². The fourth-order valence-electron chi connectivity index (χ4n) is 3.64. The zero-order chi connectivity index (χ0) is 22.4. The third-order valence-electron chi connectivity index (χ3n) is 5.22. The Bertz CT molecular complexity index is 961. The van der Waals surface area contributed by atoms with Gasteiger partial charge in [-0.2, -0.15) is 0 Å². The molecule has 0 spiro atoms. The van der Waals surface area contributed by atoms with Gasteiger partial charge in [0.1, 0.15) is 5.56 Å². The van der Waals surface area contributed by atoms with Gasteiger partial charge >= 0.3 is 5.69 Å². The number of amides is 2. The molecule has 3 rings (SSSR count). The molecule has 0 aliphatic carbocycles. The van der Waals surface area contributed by atoms with E-state index >= 15 is 0 Å². The number of aryl methyl sites for hydroxylation is 1. The van der Waals surface area contributed by atoms with Gasteiger partial charge in [-0.05, 0) is 31.0 Å². The van der Waals surface area contributed by atoms with Gasteiger partial charge in [-0.1, -0.05) is 35.9 Å². The molecule has 9 nitrogen and oxygen atoms in total. The summed E-state index contributed by atoms with van der Waals surface area (Å²) in [6, 6.07) is 12.6. The molecule has 2 aromatic rings. The number of likely N-dealkylation sites (tertiary alicyclic amines) is 1. The number of methoxy groups -OCH3 is 1. The van der Waals surface area contributed by atoms with Crippen molar-refractivity contribution >= 4 is 17.5 Å². The molecule has 1 aliphatic heterocycles. The number of rotatable bonds is 8.